The number of carboxylic acids is 3. The first kappa shape index (κ1) is 38.5. The maximum absolute atomic E-state index is 12.9. The fourth-order valence-electron chi connectivity index (χ4n) is 6.18. The number of amides is 2. The topological polar surface area (TPSA) is 187 Å². The largest absolute Gasteiger partial charge is 0.481 e. The van der Waals surface area contributed by atoms with E-state index in [0.717, 1.165) is 76.8 Å². The number of nitrogens with one attached hydrogen (secondary N) is 1. The van der Waals surface area contributed by atoms with Crippen LogP contribution < -0.4 is 11.1 Å². The van der Waals surface area contributed by atoms with Crippen molar-refractivity contribution in [2.24, 2.45) is 11.3 Å². The lowest BCUT2D eigenvalue weighted by Crippen LogP contribution is -2.47. The molecule has 3 fully saturated rings. The van der Waals surface area contributed by atoms with Crippen molar-refractivity contribution in [3.05, 3.63) is 29.3 Å². The zero-order valence-electron chi connectivity index (χ0n) is 26.1. The van der Waals surface area contributed by atoms with Crippen LogP contribution in [-0.4, -0.2) is 69.6 Å². The number of aryl methyl sites for hydroxylation is 1. The number of unbranched alkanes of at least 4 members (excludes halogenated alkanes) is 1. The Kier molecular flexibility index (Phi) is 15.5. The minimum atomic E-state index is -4.44. The number of piperidine rings is 1. The molecular formula is C32H46F3N3O8. The summed E-state index contributed by atoms with van der Waals surface area (Å²) >= 11 is 0. The zero-order chi connectivity index (χ0) is 34.3. The van der Waals surface area contributed by atoms with Crippen LogP contribution in [0.2, 0.25) is 0 Å². The number of hydrogen-bond donors (Lipinski definition) is 5. The number of halogens is 3. The average Bonchev–Trinajstić information content (AvgIpc) is 3.43. The number of benzene rings is 1. The molecule has 1 aromatic carbocycles. The molecule has 2 amide bonds. The second-order valence-electron chi connectivity index (χ2n) is 12.3. The van der Waals surface area contributed by atoms with Crippen molar-refractivity contribution in [1.29, 1.82) is 0 Å². The van der Waals surface area contributed by atoms with Crippen LogP contribution in [0.15, 0.2) is 18.2 Å². The summed E-state index contributed by atoms with van der Waals surface area (Å²) in [6.07, 6.45) is 8.90. The minimum Gasteiger partial charge on any atom is -0.481 e. The number of alkyl halides is 3. The van der Waals surface area contributed by atoms with E-state index in [1.54, 1.807) is 6.07 Å². The number of hydrogen-bond acceptors (Lipinski definition) is 7. The monoisotopic (exact) mass is 657 g/mol. The first-order chi connectivity index (χ1) is 21.6. The van der Waals surface area contributed by atoms with E-state index in [-0.39, 0.29) is 28.8 Å². The summed E-state index contributed by atoms with van der Waals surface area (Å²) in [7, 11) is 0. The second kappa shape index (κ2) is 18.5. The van der Waals surface area contributed by atoms with Crippen LogP contribution in [0, 0.1) is 11.3 Å². The molecule has 3 aliphatic rings. The molecule has 0 radical (unpaired) electrons. The van der Waals surface area contributed by atoms with Gasteiger partial charge in [0.15, 0.2) is 0 Å². The molecule has 2 saturated carbocycles. The third kappa shape index (κ3) is 13.0. The van der Waals surface area contributed by atoms with Gasteiger partial charge in [-0.3, -0.25) is 19.3 Å². The summed E-state index contributed by atoms with van der Waals surface area (Å²) in [6.45, 7) is 1.91. The van der Waals surface area contributed by atoms with Gasteiger partial charge in [0.1, 0.15) is 0 Å². The lowest BCUT2D eigenvalue weighted by Gasteiger charge is -2.37. The third-order valence-corrected chi connectivity index (χ3v) is 8.68. The quantitative estimate of drug-likeness (QED) is 0.0980. The predicted octanol–water partition coefficient (Wildman–Crippen LogP) is 5.11. The summed E-state index contributed by atoms with van der Waals surface area (Å²) in [6, 6.07) is 4.06. The molecule has 0 bridgehead atoms. The number of aliphatic carboxylic acids is 3. The van der Waals surface area contributed by atoms with E-state index in [0.29, 0.717) is 44.3 Å². The maximum atomic E-state index is 12.9. The van der Waals surface area contributed by atoms with Crippen LogP contribution in [0.25, 0.3) is 0 Å². The van der Waals surface area contributed by atoms with Crippen LogP contribution in [0.4, 0.5) is 18.9 Å². The van der Waals surface area contributed by atoms with Crippen molar-refractivity contribution < 1.29 is 52.5 Å². The fraction of sp³-hybridized carbons (Fsp3) is 0.656. The summed E-state index contributed by atoms with van der Waals surface area (Å²) in [4.78, 5) is 54.8. The molecule has 1 aliphatic heterocycles. The van der Waals surface area contributed by atoms with E-state index in [4.69, 9.17) is 30.6 Å². The number of anilines is 1. The van der Waals surface area contributed by atoms with Crippen molar-refractivity contribution in [3.63, 3.8) is 0 Å². The summed E-state index contributed by atoms with van der Waals surface area (Å²) in [5, 5.41) is 26.6. The van der Waals surface area contributed by atoms with Gasteiger partial charge in [0, 0.05) is 25.1 Å². The van der Waals surface area contributed by atoms with Gasteiger partial charge in [-0.25, -0.2) is 9.59 Å². The van der Waals surface area contributed by atoms with Gasteiger partial charge in [0.2, 0.25) is 11.8 Å². The molecule has 11 nitrogen and oxygen atoms in total. The van der Waals surface area contributed by atoms with Crippen LogP contribution in [-0.2, 0) is 36.6 Å². The maximum Gasteiger partial charge on any atom is 0.418 e. The Morgan fingerprint density at radius 1 is 0.870 bits per heavy atom. The van der Waals surface area contributed by atoms with Gasteiger partial charge in [0.25, 0.3) is 0 Å². The first-order valence-corrected chi connectivity index (χ1v) is 15.8. The Morgan fingerprint density at radius 3 is 1.93 bits per heavy atom. The lowest BCUT2D eigenvalue weighted by atomic mass is 9.76. The molecule has 258 valence electrons. The van der Waals surface area contributed by atoms with Gasteiger partial charge >= 0.3 is 24.1 Å². The van der Waals surface area contributed by atoms with Gasteiger partial charge in [-0.1, -0.05) is 38.2 Å². The number of carboxylic acid groups (broad SMARTS) is 3. The number of imide groups is 1. The molecule has 0 aromatic heterocycles. The van der Waals surface area contributed by atoms with E-state index in [2.05, 4.69) is 5.32 Å². The number of carbonyl (C=O) groups is 5. The predicted molar refractivity (Wildman–Crippen MR) is 163 cm³/mol. The van der Waals surface area contributed by atoms with Crippen LogP contribution >= 0.6 is 0 Å². The Bertz CT molecular complexity index is 1160. The second-order valence-corrected chi connectivity index (χ2v) is 12.3. The number of carbonyl (C=O) groups excluding carboxylic acids is 2. The summed E-state index contributed by atoms with van der Waals surface area (Å²) in [5.74, 6) is -4.32. The van der Waals surface area contributed by atoms with Gasteiger partial charge in [-0.15, -0.1) is 0 Å². The number of likely N-dealkylation sites (tertiary alicyclic amines) is 1. The third-order valence-electron chi connectivity index (χ3n) is 8.68. The SMILES string of the molecule is Nc1ccc(CCCNCCCCN2C(=O)CC3(CCCC3)CC2=O)cc1C(F)(F)F.O=C(O)C(=O)O.O=C(O)C1CCCCC1. The average molecular weight is 658 g/mol. The molecule has 0 unspecified atom stereocenters. The standard InChI is InChI=1S/C23H32F3N3O2.C7H12O2.C2H2O4/c24-23(25,26)18-14-17(7-8-19(18)27)6-5-12-28-11-3-4-13-29-20(30)15-22(16-21(29)31)9-1-2-10-22;8-7(9)6-4-2-1-3-5-6;3-1(4)2(5)6/h7-8,14,28H,1-6,9-13,15-16,27H2;6H,1-5H2,(H,8,9);(H,3,4)(H,5,6). The van der Waals surface area contributed by atoms with Gasteiger partial charge < -0.3 is 26.4 Å². The highest BCUT2D eigenvalue weighted by atomic mass is 19.4. The smallest absolute Gasteiger partial charge is 0.418 e. The van der Waals surface area contributed by atoms with E-state index in [9.17, 15) is 27.6 Å². The van der Waals surface area contributed by atoms with Crippen LogP contribution in [0.3, 0.4) is 0 Å². The molecule has 1 heterocycles. The molecule has 0 atom stereocenters. The number of rotatable bonds is 10. The Labute approximate surface area is 266 Å². The first-order valence-electron chi connectivity index (χ1n) is 15.8. The molecule has 1 spiro atoms. The molecule has 1 aromatic rings. The van der Waals surface area contributed by atoms with E-state index in [1.165, 1.54) is 17.4 Å². The number of nitrogen functional groups attached to an aromatic ring is 1. The minimum absolute atomic E-state index is 0.0205. The Balaban J connectivity index is 0.000000402. The molecule has 14 heteroatoms. The highest BCUT2D eigenvalue weighted by Gasteiger charge is 2.44. The van der Waals surface area contributed by atoms with Gasteiger partial charge in [-0.2, -0.15) is 13.2 Å². The normalized spacial score (nSPS) is 17.9. The zero-order valence-corrected chi connectivity index (χ0v) is 26.1. The van der Waals surface area contributed by atoms with E-state index in [1.807, 2.05) is 0 Å². The highest BCUT2D eigenvalue weighted by Crippen LogP contribution is 2.46. The molecular weight excluding hydrogens is 611 g/mol. The van der Waals surface area contributed by atoms with Crippen molar-refractivity contribution in [2.45, 2.75) is 102 Å². The van der Waals surface area contributed by atoms with Gasteiger partial charge in [0.05, 0.1) is 11.5 Å². The number of nitrogens with zero attached hydrogens (tertiary/aromatic N) is 1. The molecule has 6 N–H and O–H groups in total. The van der Waals surface area contributed by atoms with Crippen LogP contribution in [0.5, 0.6) is 0 Å². The molecule has 46 heavy (non-hydrogen) atoms. The highest BCUT2D eigenvalue weighted by molar-refractivity contribution is 6.27. The number of nitrogens with two attached hydrogens (primary N) is 1. The van der Waals surface area contributed by atoms with E-state index < -0.39 is 29.6 Å². The fourth-order valence-corrected chi connectivity index (χ4v) is 6.18. The van der Waals surface area contributed by atoms with Crippen molar-refractivity contribution in [3.8, 4) is 0 Å². The van der Waals surface area contributed by atoms with Crippen molar-refractivity contribution in [2.75, 3.05) is 25.4 Å². The van der Waals surface area contributed by atoms with Crippen molar-refractivity contribution >= 4 is 35.4 Å². The molecule has 4 rings (SSSR count). The summed E-state index contributed by atoms with van der Waals surface area (Å²) < 4.78 is 38.7. The molecule has 2 aliphatic carbocycles. The Morgan fingerprint density at radius 2 is 1.43 bits per heavy atom. The van der Waals surface area contributed by atoms with E-state index >= 15 is 0 Å². The molecule has 1 saturated heterocycles. The van der Waals surface area contributed by atoms with Crippen LogP contribution in [0.1, 0.15) is 101 Å². The van der Waals surface area contributed by atoms with Crippen molar-refractivity contribution in [1.82, 2.24) is 10.2 Å². The Hall–Kier alpha value is -3.68. The van der Waals surface area contributed by atoms with Gasteiger partial charge in [-0.05, 0) is 87.6 Å². The summed E-state index contributed by atoms with van der Waals surface area (Å²) in [5.41, 5.74) is 4.95. The lowest BCUT2D eigenvalue weighted by molar-refractivity contribution is -0.159.